The number of rotatable bonds is 1. The minimum absolute atomic E-state index is 0.402. The van der Waals surface area contributed by atoms with Crippen molar-refractivity contribution in [2.24, 2.45) is 0 Å². The van der Waals surface area contributed by atoms with Crippen molar-refractivity contribution >= 4 is 5.78 Å². The molecule has 0 aliphatic heterocycles. The van der Waals surface area contributed by atoms with Crippen molar-refractivity contribution in [1.82, 2.24) is 0 Å². The molecule has 0 spiro atoms. The first kappa shape index (κ1) is 9.97. The van der Waals surface area contributed by atoms with Crippen molar-refractivity contribution in [1.29, 1.82) is 0 Å². The van der Waals surface area contributed by atoms with Crippen LogP contribution < -0.4 is 0 Å². The van der Waals surface area contributed by atoms with E-state index in [0.717, 1.165) is 12.8 Å². The Kier molecular flexibility index (Phi) is 3.69. The molecule has 0 N–H and O–H groups in total. The van der Waals surface area contributed by atoms with Crippen molar-refractivity contribution in [2.45, 2.75) is 32.6 Å². The standard InChI is InChI=1S/C10H10O.C2H6/c11-10-6-9(7-10)8-4-2-1-3-5-8;1-2/h1-5,9H,6-7H2;1-2H3. The Morgan fingerprint density at radius 2 is 1.62 bits per heavy atom. The molecule has 0 atom stereocenters. The van der Waals surface area contributed by atoms with Gasteiger partial charge in [0.25, 0.3) is 0 Å². The minimum atomic E-state index is 0.402. The fraction of sp³-hybridized carbons (Fsp3) is 0.417. The summed E-state index contributed by atoms with van der Waals surface area (Å²) in [5.41, 5.74) is 1.31. The van der Waals surface area contributed by atoms with Crippen molar-refractivity contribution in [3.63, 3.8) is 0 Å². The van der Waals surface area contributed by atoms with E-state index in [1.807, 2.05) is 32.0 Å². The quantitative estimate of drug-likeness (QED) is 0.642. The van der Waals surface area contributed by atoms with E-state index in [1.54, 1.807) is 0 Å². The Labute approximate surface area is 79.8 Å². The highest BCUT2D eigenvalue weighted by molar-refractivity contribution is 5.86. The molecule has 0 aromatic heterocycles. The van der Waals surface area contributed by atoms with Crippen LogP contribution in [0, 0.1) is 0 Å². The van der Waals surface area contributed by atoms with Crippen LogP contribution in [0.4, 0.5) is 0 Å². The SMILES string of the molecule is CC.O=C1CC(c2ccccc2)C1. The van der Waals surface area contributed by atoms with E-state index >= 15 is 0 Å². The zero-order chi connectivity index (χ0) is 9.68. The number of Topliss-reactive ketones (excluding diaryl/α,β-unsaturated/α-hetero) is 1. The lowest BCUT2D eigenvalue weighted by atomic mass is 9.79. The molecule has 0 saturated heterocycles. The van der Waals surface area contributed by atoms with Crippen LogP contribution in [0.2, 0.25) is 0 Å². The second kappa shape index (κ2) is 4.80. The van der Waals surface area contributed by atoms with E-state index in [4.69, 9.17) is 0 Å². The van der Waals surface area contributed by atoms with E-state index in [9.17, 15) is 4.79 Å². The molecule has 1 aromatic carbocycles. The van der Waals surface area contributed by atoms with Crippen LogP contribution in [0.5, 0.6) is 0 Å². The van der Waals surface area contributed by atoms with Crippen LogP contribution >= 0.6 is 0 Å². The summed E-state index contributed by atoms with van der Waals surface area (Å²) in [6.45, 7) is 4.00. The largest absolute Gasteiger partial charge is 0.300 e. The molecule has 1 nitrogen and oxygen atoms in total. The maximum Gasteiger partial charge on any atom is 0.134 e. The van der Waals surface area contributed by atoms with Crippen LogP contribution in [-0.4, -0.2) is 5.78 Å². The van der Waals surface area contributed by atoms with Crippen LogP contribution in [0.25, 0.3) is 0 Å². The van der Waals surface area contributed by atoms with Crippen LogP contribution in [-0.2, 0) is 4.79 Å². The number of ketones is 1. The molecule has 1 saturated carbocycles. The number of hydrogen-bond acceptors (Lipinski definition) is 1. The first-order valence-corrected chi connectivity index (χ1v) is 4.93. The monoisotopic (exact) mass is 176 g/mol. The van der Waals surface area contributed by atoms with Gasteiger partial charge in [-0.25, -0.2) is 0 Å². The summed E-state index contributed by atoms with van der Waals surface area (Å²) in [7, 11) is 0. The first-order valence-electron chi connectivity index (χ1n) is 4.93. The second-order valence-corrected chi connectivity index (χ2v) is 3.05. The van der Waals surface area contributed by atoms with Gasteiger partial charge in [-0.2, -0.15) is 0 Å². The molecule has 0 unspecified atom stereocenters. The molecular formula is C12H16O. The minimum Gasteiger partial charge on any atom is -0.300 e. The predicted octanol–water partition coefficient (Wildman–Crippen LogP) is 3.16. The summed E-state index contributed by atoms with van der Waals surface area (Å²) in [6, 6.07) is 10.2. The Bertz CT molecular complexity index is 256. The van der Waals surface area contributed by atoms with Gasteiger partial charge >= 0.3 is 0 Å². The Morgan fingerprint density at radius 3 is 2.08 bits per heavy atom. The van der Waals surface area contributed by atoms with E-state index in [0.29, 0.717) is 11.7 Å². The molecule has 1 aliphatic carbocycles. The van der Waals surface area contributed by atoms with Crippen LogP contribution in [0.1, 0.15) is 38.2 Å². The van der Waals surface area contributed by atoms with Gasteiger partial charge in [-0.3, -0.25) is 4.79 Å². The topological polar surface area (TPSA) is 17.1 Å². The zero-order valence-electron chi connectivity index (χ0n) is 8.29. The predicted molar refractivity (Wildman–Crippen MR) is 54.8 cm³/mol. The van der Waals surface area contributed by atoms with Gasteiger partial charge in [-0.15, -0.1) is 0 Å². The summed E-state index contributed by atoms with van der Waals surface area (Å²) in [5, 5.41) is 0. The summed E-state index contributed by atoms with van der Waals surface area (Å²) < 4.78 is 0. The van der Waals surface area contributed by atoms with Gasteiger partial charge in [0.05, 0.1) is 0 Å². The molecule has 2 rings (SSSR count). The van der Waals surface area contributed by atoms with E-state index in [-0.39, 0.29) is 0 Å². The van der Waals surface area contributed by atoms with Gasteiger partial charge < -0.3 is 0 Å². The van der Waals surface area contributed by atoms with Crippen molar-refractivity contribution < 1.29 is 4.79 Å². The van der Waals surface area contributed by atoms with E-state index < -0.39 is 0 Å². The Hall–Kier alpha value is -1.11. The van der Waals surface area contributed by atoms with E-state index in [2.05, 4.69) is 12.1 Å². The lowest BCUT2D eigenvalue weighted by Gasteiger charge is -2.24. The molecule has 0 radical (unpaired) electrons. The Balaban J connectivity index is 0.000000396. The molecule has 13 heavy (non-hydrogen) atoms. The highest BCUT2D eigenvalue weighted by atomic mass is 16.1. The molecule has 0 amide bonds. The summed E-state index contributed by atoms with van der Waals surface area (Å²) in [4.78, 5) is 10.7. The lowest BCUT2D eigenvalue weighted by molar-refractivity contribution is -0.124. The number of carbonyl (C=O) groups is 1. The molecule has 1 aliphatic rings. The molecule has 1 aromatic rings. The average Bonchev–Trinajstić information content (AvgIpc) is 2.18. The Morgan fingerprint density at radius 1 is 1.08 bits per heavy atom. The molecular weight excluding hydrogens is 160 g/mol. The third kappa shape index (κ3) is 2.41. The third-order valence-electron chi connectivity index (χ3n) is 2.22. The first-order chi connectivity index (χ1) is 6.36. The number of benzene rings is 1. The molecule has 0 bridgehead atoms. The van der Waals surface area contributed by atoms with Gasteiger partial charge in [0.1, 0.15) is 5.78 Å². The summed E-state index contributed by atoms with van der Waals surface area (Å²) >= 11 is 0. The molecule has 1 heteroatoms. The molecule has 70 valence electrons. The number of hydrogen-bond donors (Lipinski definition) is 0. The van der Waals surface area contributed by atoms with Crippen LogP contribution in [0.3, 0.4) is 0 Å². The summed E-state index contributed by atoms with van der Waals surface area (Å²) in [6.07, 6.45) is 1.51. The van der Waals surface area contributed by atoms with Crippen molar-refractivity contribution in [3.8, 4) is 0 Å². The summed E-state index contributed by atoms with van der Waals surface area (Å²) in [5.74, 6) is 0.919. The highest BCUT2D eigenvalue weighted by Crippen LogP contribution is 2.32. The van der Waals surface area contributed by atoms with Crippen molar-refractivity contribution in [2.75, 3.05) is 0 Å². The van der Waals surface area contributed by atoms with Crippen molar-refractivity contribution in [3.05, 3.63) is 35.9 Å². The zero-order valence-corrected chi connectivity index (χ0v) is 8.29. The maximum atomic E-state index is 10.7. The van der Waals surface area contributed by atoms with Gasteiger partial charge in [0.2, 0.25) is 0 Å². The maximum absolute atomic E-state index is 10.7. The number of carbonyl (C=O) groups excluding carboxylic acids is 1. The van der Waals surface area contributed by atoms with Gasteiger partial charge in [-0.1, -0.05) is 44.2 Å². The van der Waals surface area contributed by atoms with E-state index in [1.165, 1.54) is 5.56 Å². The van der Waals surface area contributed by atoms with Gasteiger partial charge in [0.15, 0.2) is 0 Å². The van der Waals surface area contributed by atoms with Crippen LogP contribution in [0.15, 0.2) is 30.3 Å². The normalized spacial score (nSPS) is 15.7. The fourth-order valence-corrected chi connectivity index (χ4v) is 1.45. The molecule has 1 fully saturated rings. The highest BCUT2D eigenvalue weighted by Gasteiger charge is 2.27. The smallest absolute Gasteiger partial charge is 0.134 e. The third-order valence-corrected chi connectivity index (χ3v) is 2.22. The average molecular weight is 176 g/mol. The fourth-order valence-electron chi connectivity index (χ4n) is 1.45. The molecule has 0 heterocycles. The lowest BCUT2D eigenvalue weighted by Crippen LogP contribution is -2.20. The second-order valence-electron chi connectivity index (χ2n) is 3.05. The van der Waals surface area contributed by atoms with Gasteiger partial charge in [0, 0.05) is 12.8 Å². The van der Waals surface area contributed by atoms with Gasteiger partial charge in [-0.05, 0) is 11.5 Å².